The average molecular weight is 357 g/mol. The fraction of sp³-hybridized carbons (Fsp3) is 0.360. The summed E-state index contributed by atoms with van der Waals surface area (Å²) < 4.78 is 0. The van der Waals surface area contributed by atoms with Gasteiger partial charge in [-0.1, -0.05) is 54.6 Å². The number of rotatable bonds is 3. The maximum atomic E-state index is 11.2. The Labute approximate surface area is 161 Å². The van der Waals surface area contributed by atoms with E-state index in [1.807, 2.05) is 0 Å². The summed E-state index contributed by atoms with van der Waals surface area (Å²) >= 11 is 0. The van der Waals surface area contributed by atoms with E-state index in [1.54, 1.807) is 0 Å². The van der Waals surface area contributed by atoms with Crippen LogP contribution in [0.15, 0.2) is 54.6 Å². The third kappa shape index (κ3) is 3.18. The Morgan fingerprint density at radius 1 is 0.815 bits per heavy atom. The van der Waals surface area contributed by atoms with E-state index in [2.05, 4.69) is 59.5 Å². The van der Waals surface area contributed by atoms with Gasteiger partial charge in [-0.05, 0) is 70.7 Å². The SMILES string of the molecule is OC(CN1CCc2ccccc2C1)c1cc2c(c3ccccc13)CCCC2. The molecule has 2 aliphatic rings. The van der Waals surface area contributed by atoms with Gasteiger partial charge in [-0.25, -0.2) is 0 Å². The highest BCUT2D eigenvalue weighted by Crippen LogP contribution is 2.35. The molecule has 0 spiro atoms. The van der Waals surface area contributed by atoms with E-state index >= 15 is 0 Å². The summed E-state index contributed by atoms with van der Waals surface area (Å²) in [6, 6.07) is 19.7. The van der Waals surface area contributed by atoms with E-state index in [9.17, 15) is 5.11 Å². The van der Waals surface area contributed by atoms with Gasteiger partial charge in [-0.3, -0.25) is 4.90 Å². The van der Waals surface area contributed by atoms with Crippen molar-refractivity contribution in [2.75, 3.05) is 13.1 Å². The molecule has 1 unspecified atom stereocenters. The standard InChI is InChI=1S/C25H27NO/c27-25(17-26-14-13-18-7-1-2-9-20(18)16-26)24-15-19-8-3-4-10-21(19)22-11-5-6-12-23(22)24/h1-2,5-7,9,11-12,15,25,27H,3-4,8,10,13-14,16-17H2. The van der Waals surface area contributed by atoms with Crippen LogP contribution < -0.4 is 0 Å². The summed E-state index contributed by atoms with van der Waals surface area (Å²) in [4.78, 5) is 2.40. The molecule has 0 fully saturated rings. The molecule has 0 saturated heterocycles. The predicted octanol–water partition coefficient (Wildman–Crippen LogP) is 4.81. The van der Waals surface area contributed by atoms with Crippen molar-refractivity contribution in [1.82, 2.24) is 4.90 Å². The Bertz CT molecular complexity index is 977. The van der Waals surface area contributed by atoms with Gasteiger partial charge in [0.2, 0.25) is 0 Å². The van der Waals surface area contributed by atoms with Crippen molar-refractivity contribution in [3.63, 3.8) is 0 Å². The van der Waals surface area contributed by atoms with Gasteiger partial charge in [0.05, 0.1) is 6.10 Å². The molecule has 0 bridgehead atoms. The highest BCUT2D eigenvalue weighted by molar-refractivity contribution is 5.90. The Morgan fingerprint density at radius 2 is 1.56 bits per heavy atom. The minimum absolute atomic E-state index is 0.438. The third-order valence-electron chi connectivity index (χ3n) is 6.40. The second-order valence-electron chi connectivity index (χ2n) is 8.13. The third-order valence-corrected chi connectivity index (χ3v) is 6.40. The Balaban J connectivity index is 1.45. The van der Waals surface area contributed by atoms with Gasteiger partial charge in [0, 0.05) is 19.6 Å². The minimum atomic E-state index is -0.438. The van der Waals surface area contributed by atoms with E-state index in [1.165, 1.54) is 52.3 Å². The highest BCUT2D eigenvalue weighted by atomic mass is 16.3. The first-order valence-electron chi connectivity index (χ1n) is 10.3. The normalized spacial score (nSPS) is 18.1. The van der Waals surface area contributed by atoms with Gasteiger partial charge >= 0.3 is 0 Å². The summed E-state index contributed by atoms with van der Waals surface area (Å²) in [6.45, 7) is 2.67. The van der Waals surface area contributed by atoms with Crippen LogP contribution in [0.25, 0.3) is 10.8 Å². The monoisotopic (exact) mass is 357 g/mol. The van der Waals surface area contributed by atoms with Crippen molar-refractivity contribution in [3.05, 3.63) is 82.4 Å². The molecule has 0 radical (unpaired) electrons. The van der Waals surface area contributed by atoms with E-state index in [4.69, 9.17) is 0 Å². The van der Waals surface area contributed by atoms with Crippen LogP contribution in [0, 0.1) is 0 Å². The van der Waals surface area contributed by atoms with Gasteiger partial charge in [0.25, 0.3) is 0 Å². The number of fused-ring (bicyclic) bond motifs is 4. The number of hydrogen-bond acceptors (Lipinski definition) is 2. The van der Waals surface area contributed by atoms with Gasteiger partial charge in [0.1, 0.15) is 0 Å². The molecule has 1 aliphatic carbocycles. The van der Waals surface area contributed by atoms with Crippen LogP contribution in [0.2, 0.25) is 0 Å². The number of benzene rings is 3. The first-order valence-corrected chi connectivity index (χ1v) is 10.3. The molecule has 5 rings (SSSR count). The van der Waals surface area contributed by atoms with Crippen molar-refractivity contribution in [1.29, 1.82) is 0 Å². The first kappa shape index (κ1) is 17.0. The molecule has 138 valence electrons. The molecule has 0 saturated carbocycles. The molecular formula is C25H27NO. The van der Waals surface area contributed by atoms with Crippen molar-refractivity contribution >= 4 is 10.8 Å². The average Bonchev–Trinajstić information content (AvgIpc) is 2.73. The fourth-order valence-electron chi connectivity index (χ4n) is 4.99. The Morgan fingerprint density at radius 3 is 2.44 bits per heavy atom. The first-order chi connectivity index (χ1) is 13.3. The number of β-amino-alcohol motifs (C(OH)–C–C–N with tert-alkyl or cyclic N) is 1. The summed E-state index contributed by atoms with van der Waals surface area (Å²) in [5.74, 6) is 0. The summed E-state index contributed by atoms with van der Waals surface area (Å²) in [7, 11) is 0. The summed E-state index contributed by atoms with van der Waals surface area (Å²) in [5.41, 5.74) is 6.96. The van der Waals surface area contributed by atoms with Gasteiger partial charge in [-0.15, -0.1) is 0 Å². The predicted molar refractivity (Wildman–Crippen MR) is 111 cm³/mol. The lowest BCUT2D eigenvalue weighted by molar-refractivity contribution is 0.107. The maximum absolute atomic E-state index is 11.2. The fourth-order valence-corrected chi connectivity index (χ4v) is 4.99. The van der Waals surface area contributed by atoms with Crippen molar-refractivity contribution in [2.24, 2.45) is 0 Å². The zero-order valence-electron chi connectivity index (χ0n) is 15.8. The number of aliphatic hydroxyl groups is 1. The quantitative estimate of drug-likeness (QED) is 0.727. The second kappa shape index (κ2) is 7.10. The highest BCUT2D eigenvalue weighted by Gasteiger charge is 2.22. The van der Waals surface area contributed by atoms with Crippen molar-refractivity contribution < 1.29 is 5.11 Å². The van der Waals surface area contributed by atoms with E-state index in [0.717, 1.165) is 31.5 Å². The molecule has 1 heterocycles. The van der Waals surface area contributed by atoms with Crippen LogP contribution in [-0.2, 0) is 25.8 Å². The van der Waals surface area contributed by atoms with E-state index in [-0.39, 0.29) is 0 Å². The molecule has 2 heteroatoms. The van der Waals surface area contributed by atoms with Crippen LogP contribution >= 0.6 is 0 Å². The van der Waals surface area contributed by atoms with Crippen LogP contribution in [0.3, 0.4) is 0 Å². The van der Waals surface area contributed by atoms with E-state index < -0.39 is 6.10 Å². The van der Waals surface area contributed by atoms with E-state index in [0.29, 0.717) is 6.54 Å². The topological polar surface area (TPSA) is 23.5 Å². The van der Waals surface area contributed by atoms with Crippen LogP contribution in [0.4, 0.5) is 0 Å². The molecule has 1 aliphatic heterocycles. The number of hydrogen-bond donors (Lipinski definition) is 1. The molecular weight excluding hydrogens is 330 g/mol. The number of aryl methyl sites for hydroxylation is 2. The molecule has 27 heavy (non-hydrogen) atoms. The molecule has 2 nitrogen and oxygen atoms in total. The van der Waals surface area contributed by atoms with Crippen molar-refractivity contribution in [3.8, 4) is 0 Å². The zero-order valence-corrected chi connectivity index (χ0v) is 15.8. The Hall–Kier alpha value is -2.16. The molecule has 3 aromatic rings. The smallest absolute Gasteiger partial charge is 0.0923 e. The molecule has 1 atom stereocenters. The maximum Gasteiger partial charge on any atom is 0.0923 e. The van der Waals surface area contributed by atoms with Crippen LogP contribution in [0.1, 0.15) is 46.8 Å². The van der Waals surface area contributed by atoms with Gasteiger partial charge in [0.15, 0.2) is 0 Å². The number of nitrogens with zero attached hydrogens (tertiary/aromatic N) is 1. The van der Waals surface area contributed by atoms with Crippen molar-refractivity contribution in [2.45, 2.75) is 44.8 Å². The summed E-state index contributed by atoms with van der Waals surface area (Å²) in [5, 5.41) is 13.8. The van der Waals surface area contributed by atoms with Crippen LogP contribution in [0.5, 0.6) is 0 Å². The number of aliphatic hydroxyl groups excluding tert-OH is 1. The Kier molecular flexibility index (Phi) is 4.47. The molecule has 3 aromatic carbocycles. The largest absolute Gasteiger partial charge is 0.387 e. The lowest BCUT2D eigenvalue weighted by Gasteiger charge is -2.31. The lowest BCUT2D eigenvalue weighted by atomic mass is 9.84. The lowest BCUT2D eigenvalue weighted by Crippen LogP contribution is -2.34. The zero-order chi connectivity index (χ0) is 18.2. The minimum Gasteiger partial charge on any atom is -0.387 e. The van der Waals surface area contributed by atoms with Gasteiger partial charge < -0.3 is 5.11 Å². The molecule has 0 aromatic heterocycles. The molecule has 0 amide bonds. The van der Waals surface area contributed by atoms with Crippen LogP contribution in [-0.4, -0.2) is 23.1 Å². The van der Waals surface area contributed by atoms with Gasteiger partial charge in [-0.2, -0.15) is 0 Å². The molecule has 1 N–H and O–H groups in total. The second-order valence-corrected chi connectivity index (χ2v) is 8.13. The summed E-state index contributed by atoms with van der Waals surface area (Å²) in [6.07, 6.45) is 5.52.